The van der Waals surface area contributed by atoms with Gasteiger partial charge in [0, 0.05) is 18.6 Å². The second-order valence-corrected chi connectivity index (χ2v) is 9.04. The number of likely N-dealkylation sites (tertiary alicyclic amines) is 2. The smallest absolute Gasteiger partial charge is 0.122 e. The Bertz CT molecular complexity index is 800. The molecule has 3 aliphatic rings. The largest absolute Gasteiger partial charge is 0.492 e. The van der Waals surface area contributed by atoms with Crippen molar-refractivity contribution < 1.29 is 4.74 Å². The van der Waals surface area contributed by atoms with Crippen LogP contribution in [0.4, 0.5) is 0 Å². The first kappa shape index (κ1) is 19.1. The molecule has 2 unspecified atom stereocenters. The molecule has 0 saturated carbocycles. The van der Waals surface area contributed by atoms with Crippen LogP contribution in [-0.2, 0) is 13.0 Å². The molecule has 29 heavy (non-hydrogen) atoms. The molecule has 1 aliphatic carbocycles. The number of piperidine rings is 1. The van der Waals surface area contributed by atoms with E-state index in [9.17, 15) is 0 Å². The first-order valence-electron chi connectivity index (χ1n) is 11.6. The Morgan fingerprint density at radius 1 is 0.828 bits per heavy atom. The van der Waals surface area contributed by atoms with Gasteiger partial charge in [-0.25, -0.2) is 0 Å². The average Bonchev–Trinajstić information content (AvgIpc) is 3.41. The van der Waals surface area contributed by atoms with Crippen LogP contribution >= 0.6 is 0 Å². The van der Waals surface area contributed by atoms with Crippen LogP contribution in [0.1, 0.15) is 61.3 Å². The summed E-state index contributed by atoms with van der Waals surface area (Å²) in [5.74, 6) is 1.15. The number of rotatable bonds is 6. The van der Waals surface area contributed by atoms with Crippen molar-refractivity contribution in [1.29, 1.82) is 0 Å². The van der Waals surface area contributed by atoms with Crippen LogP contribution in [0.2, 0.25) is 0 Å². The molecule has 0 spiro atoms. The number of benzene rings is 2. The Hall–Kier alpha value is -1.84. The number of nitrogens with zero attached hydrogens (tertiary/aromatic N) is 2. The Kier molecular flexibility index (Phi) is 5.87. The summed E-state index contributed by atoms with van der Waals surface area (Å²) < 4.78 is 6.48. The third-order valence-electron chi connectivity index (χ3n) is 7.19. The minimum atomic E-state index is 0.533. The monoisotopic (exact) mass is 390 g/mol. The maximum atomic E-state index is 6.48. The molecule has 2 fully saturated rings. The van der Waals surface area contributed by atoms with Crippen molar-refractivity contribution >= 4 is 0 Å². The molecule has 2 aromatic rings. The Balaban J connectivity index is 1.24. The minimum Gasteiger partial charge on any atom is -0.492 e. The molecule has 2 atom stereocenters. The van der Waals surface area contributed by atoms with Crippen molar-refractivity contribution in [2.24, 2.45) is 0 Å². The molecule has 2 heterocycles. The Morgan fingerprint density at radius 3 is 2.55 bits per heavy atom. The van der Waals surface area contributed by atoms with Crippen molar-refractivity contribution in [3.05, 3.63) is 65.2 Å². The van der Waals surface area contributed by atoms with E-state index in [2.05, 4.69) is 58.3 Å². The SMILES string of the molecule is c1ccc(CN2CCCC2COc2cccc3c2CCC3N2CCCCC2)cc1. The van der Waals surface area contributed by atoms with Crippen LogP contribution in [0, 0.1) is 0 Å². The van der Waals surface area contributed by atoms with Gasteiger partial charge in [-0.2, -0.15) is 0 Å². The van der Waals surface area contributed by atoms with Crippen molar-refractivity contribution in [2.45, 2.75) is 63.6 Å². The molecular formula is C26H34N2O. The average molecular weight is 391 g/mol. The number of fused-ring (bicyclic) bond motifs is 1. The van der Waals surface area contributed by atoms with Crippen molar-refractivity contribution in [3.63, 3.8) is 0 Å². The summed E-state index contributed by atoms with van der Waals surface area (Å²) in [7, 11) is 0. The van der Waals surface area contributed by atoms with Gasteiger partial charge in [0.1, 0.15) is 12.4 Å². The molecule has 0 aromatic heterocycles. The molecule has 0 bridgehead atoms. The highest BCUT2D eigenvalue weighted by molar-refractivity contribution is 5.45. The van der Waals surface area contributed by atoms with Gasteiger partial charge in [-0.05, 0) is 80.9 Å². The molecule has 2 saturated heterocycles. The molecular weight excluding hydrogens is 356 g/mol. The summed E-state index contributed by atoms with van der Waals surface area (Å²) in [5, 5.41) is 0. The predicted molar refractivity (Wildman–Crippen MR) is 118 cm³/mol. The van der Waals surface area contributed by atoms with Gasteiger partial charge in [-0.15, -0.1) is 0 Å². The van der Waals surface area contributed by atoms with E-state index in [1.54, 1.807) is 0 Å². The third kappa shape index (κ3) is 4.22. The molecule has 0 amide bonds. The van der Waals surface area contributed by atoms with E-state index < -0.39 is 0 Å². The fourth-order valence-corrected chi connectivity index (χ4v) is 5.64. The topological polar surface area (TPSA) is 15.7 Å². The van der Waals surface area contributed by atoms with Gasteiger partial charge in [0.25, 0.3) is 0 Å². The molecule has 2 aromatic carbocycles. The molecule has 2 aliphatic heterocycles. The summed E-state index contributed by atoms with van der Waals surface area (Å²) in [6, 6.07) is 18.8. The Morgan fingerprint density at radius 2 is 1.69 bits per heavy atom. The highest BCUT2D eigenvalue weighted by Gasteiger charge is 2.31. The van der Waals surface area contributed by atoms with Gasteiger partial charge in [-0.1, -0.05) is 48.9 Å². The summed E-state index contributed by atoms with van der Waals surface area (Å²) in [6.45, 7) is 5.58. The molecule has 154 valence electrons. The lowest BCUT2D eigenvalue weighted by atomic mass is 10.0. The van der Waals surface area contributed by atoms with E-state index in [1.807, 2.05) is 0 Å². The Labute approximate surface area is 175 Å². The van der Waals surface area contributed by atoms with Crippen molar-refractivity contribution in [3.8, 4) is 5.75 Å². The molecule has 3 heteroatoms. The lowest BCUT2D eigenvalue weighted by Crippen LogP contribution is -2.33. The second-order valence-electron chi connectivity index (χ2n) is 9.04. The van der Waals surface area contributed by atoms with E-state index in [0.29, 0.717) is 12.1 Å². The highest BCUT2D eigenvalue weighted by atomic mass is 16.5. The van der Waals surface area contributed by atoms with Crippen LogP contribution in [0.3, 0.4) is 0 Å². The maximum absolute atomic E-state index is 6.48. The van der Waals surface area contributed by atoms with E-state index in [-0.39, 0.29) is 0 Å². The summed E-state index contributed by atoms with van der Waals surface area (Å²) in [6.07, 6.45) is 9.09. The molecule has 0 radical (unpaired) electrons. The van der Waals surface area contributed by atoms with E-state index in [1.165, 1.54) is 81.3 Å². The quantitative estimate of drug-likeness (QED) is 0.674. The predicted octanol–water partition coefficient (Wildman–Crippen LogP) is 5.20. The molecule has 3 nitrogen and oxygen atoms in total. The van der Waals surface area contributed by atoms with E-state index >= 15 is 0 Å². The zero-order chi connectivity index (χ0) is 19.5. The van der Waals surface area contributed by atoms with Crippen LogP contribution < -0.4 is 4.74 Å². The molecule has 5 rings (SSSR count). The normalized spacial score (nSPS) is 25.2. The van der Waals surface area contributed by atoms with E-state index in [0.717, 1.165) is 18.9 Å². The van der Waals surface area contributed by atoms with E-state index in [4.69, 9.17) is 4.74 Å². The second kappa shape index (κ2) is 8.89. The maximum Gasteiger partial charge on any atom is 0.122 e. The zero-order valence-corrected chi connectivity index (χ0v) is 17.6. The summed E-state index contributed by atoms with van der Waals surface area (Å²) >= 11 is 0. The summed E-state index contributed by atoms with van der Waals surface area (Å²) in [4.78, 5) is 5.33. The van der Waals surface area contributed by atoms with Crippen molar-refractivity contribution in [1.82, 2.24) is 9.80 Å². The minimum absolute atomic E-state index is 0.533. The number of hydrogen-bond donors (Lipinski definition) is 0. The fraction of sp³-hybridized carbons (Fsp3) is 0.538. The lowest BCUT2D eigenvalue weighted by molar-refractivity contribution is 0.163. The van der Waals surface area contributed by atoms with Gasteiger partial charge in [-0.3, -0.25) is 9.80 Å². The van der Waals surface area contributed by atoms with Gasteiger partial charge >= 0.3 is 0 Å². The van der Waals surface area contributed by atoms with Crippen molar-refractivity contribution in [2.75, 3.05) is 26.2 Å². The standard InChI is InChI=1S/C26H34N2O/c1-3-9-21(10-4-1)19-28-18-8-11-22(28)20-29-26-13-7-12-23-24(26)14-15-25(23)27-16-5-2-6-17-27/h1,3-4,7,9-10,12-13,22,25H,2,5-6,8,11,14-20H2. The van der Waals surface area contributed by atoms with Gasteiger partial charge in [0.15, 0.2) is 0 Å². The van der Waals surface area contributed by atoms with Crippen LogP contribution in [0.25, 0.3) is 0 Å². The van der Waals surface area contributed by atoms with Crippen LogP contribution in [0.5, 0.6) is 5.75 Å². The highest BCUT2D eigenvalue weighted by Crippen LogP contribution is 2.41. The van der Waals surface area contributed by atoms with Gasteiger partial charge in [0.2, 0.25) is 0 Å². The summed E-state index contributed by atoms with van der Waals surface area (Å²) in [5.41, 5.74) is 4.43. The molecule has 0 N–H and O–H groups in total. The number of hydrogen-bond acceptors (Lipinski definition) is 3. The lowest BCUT2D eigenvalue weighted by Gasteiger charge is -2.32. The first-order chi connectivity index (χ1) is 14.4. The zero-order valence-electron chi connectivity index (χ0n) is 17.6. The number of ether oxygens (including phenoxy) is 1. The first-order valence-corrected chi connectivity index (χ1v) is 11.6. The van der Waals surface area contributed by atoms with Gasteiger partial charge < -0.3 is 4.74 Å². The third-order valence-corrected chi connectivity index (χ3v) is 7.19. The van der Waals surface area contributed by atoms with Gasteiger partial charge in [0.05, 0.1) is 0 Å². The fourth-order valence-electron chi connectivity index (χ4n) is 5.64. The van der Waals surface area contributed by atoms with Crippen LogP contribution in [-0.4, -0.2) is 42.1 Å². The van der Waals surface area contributed by atoms with Crippen LogP contribution in [0.15, 0.2) is 48.5 Å².